The smallest absolute Gasteiger partial charge is 0.338 e. The number of anilines is 1. The Morgan fingerprint density at radius 1 is 1.14 bits per heavy atom. The Kier molecular flexibility index (Phi) is 7.99. The minimum atomic E-state index is -0.505. The maximum Gasteiger partial charge on any atom is 0.338 e. The van der Waals surface area contributed by atoms with Crippen LogP contribution in [0.3, 0.4) is 0 Å². The van der Waals surface area contributed by atoms with E-state index >= 15 is 0 Å². The molecule has 0 saturated heterocycles. The molecule has 2 aromatic carbocycles. The molecule has 0 spiro atoms. The summed E-state index contributed by atoms with van der Waals surface area (Å²) in [6.45, 7) is 6.62. The van der Waals surface area contributed by atoms with Crippen LogP contribution in [0.2, 0.25) is 0 Å². The van der Waals surface area contributed by atoms with Gasteiger partial charge in [0.2, 0.25) is 0 Å². The van der Waals surface area contributed by atoms with Crippen LogP contribution < -0.4 is 5.32 Å². The Labute approximate surface area is 171 Å². The standard InChI is InChI=1S/C23H25N3O3/c1-4-29-23(28)19-10-12-21(13-11-19)25-22(27)20(14-24)16-26(17(2)3)15-18-8-6-5-7-9-18/h5-13,16-17H,4,15H2,1-3H3,(H,25,27)/b20-16-. The highest BCUT2D eigenvalue weighted by atomic mass is 16.5. The molecule has 0 radical (unpaired) electrons. The van der Waals surface area contributed by atoms with Crippen LogP contribution in [0.5, 0.6) is 0 Å². The number of nitriles is 1. The Hall–Kier alpha value is -3.59. The van der Waals surface area contributed by atoms with Gasteiger partial charge in [-0.1, -0.05) is 30.3 Å². The van der Waals surface area contributed by atoms with E-state index in [-0.39, 0.29) is 11.6 Å². The summed E-state index contributed by atoms with van der Waals surface area (Å²) in [6, 6.07) is 18.3. The van der Waals surface area contributed by atoms with Crippen LogP contribution in [-0.4, -0.2) is 29.4 Å². The van der Waals surface area contributed by atoms with Gasteiger partial charge < -0.3 is 15.0 Å². The molecule has 0 aliphatic heterocycles. The third-order valence-electron chi connectivity index (χ3n) is 4.19. The van der Waals surface area contributed by atoms with Crippen molar-refractivity contribution in [2.75, 3.05) is 11.9 Å². The van der Waals surface area contributed by atoms with Gasteiger partial charge in [-0.2, -0.15) is 5.26 Å². The van der Waals surface area contributed by atoms with Gasteiger partial charge >= 0.3 is 5.97 Å². The lowest BCUT2D eigenvalue weighted by molar-refractivity contribution is -0.112. The van der Waals surface area contributed by atoms with Crippen LogP contribution in [-0.2, 0) is 16.1 Å². The number of nitrogens with one attached hydrogen (secondary N) is 1. The van der Waals surface area contributed by atoms with Crippen molar-refractivity contribution in [3.63, 3.8) is 0 Å². The number of benzene rings is 2. The van der Waals surface area contributed by atoms with E-state index in [1.165, 1.54) is 0 Å². The van der Waals surface area contributed by atoms with Crippen molar-refractivity contribution < 1.29 is 14.3 Å². The molecular formula is C23H25N3O3. The van der Waals surface area contributed by atoms with Crippen molar-refractivity contribution >= 4 is 17.6 Å². The first-order valence-electron chi connectivity index (χ1n) is 9.44. The number of ether oxygens (including phenoxy) is 1. The molecule has 0 bridgehead atoms. The summed E-state index contributed by atoms with van der Waals surface area (Å²) in [6.07, 6.45) is 1.58. The highest BCUT2D eigenvalue weighted by Gasteiger charge is 2.14. The predicted molar refractivity (Wildman–Crippen MR) is 112 cm³/mol. The van der Waals surface area contributed by atoms with E-state index in [1.807, 2.05) is 55.1 Å². The molecule has 0 aromatic heterocycles. The van der Waals surface area contributed by atoms with Crippen molar-refractivity contribution in [2.24, 2.45) is 0 Å². The molecule has 2 aromatic rings. The average Bonchev–Trinajstić information content (AvgIpc) is 2.72. The quantitative estimate of drug-likeness (QED) is 0.416. The van der Waals surface area contributed by atoms with Crippen molar-refractivity contribution in [2.45, 2.75) is 33.4 Å². The second kappa shape index (κ2) is 10.7. The van der Waals surface area contributed by atoms with E-state index in [0.29, 0.717) is 24.4 Å². The second-order valence-electron chi connectivity index (χ2n) is 6.66. The van der Waals surface area contributed by atoms with Crippen molar-refractivity contribution in [3.05, 3.63) is 77.5 Å². The van der Waals surface area contributed by atoms with Gasteiger partial charge in [-0.25, -0.2) is 4.79 Å². The molecule has 0 heterocycles. The normalized spacial score (nSPS) is 10.9. The predicted octanol–water partition coefficient (Wildman–Crippen LogP) is 4.12. The monoisotopic (exact) mass is 391 g/mol. The van der Waals surface area contributed by atoms with E-state index in [2.05, 4.69) is 5.32 Å². The van der Waals surface area contributed by atoms with Gasteiger partial charge in [0.15, 0.2) is 0 Å². The van der Waals surface area contributed by atoms with Crippen LogP contribution in [0.4, 0.5) is 5.69 Å². The molecule has 1 amide bonds. The average molecular weight is 391 g/mol. The highest BCUT2D eigenvalue weighted by molar-refractivity contribution is 6.06. The van der Waals surface area contributed by atoms with E-state index < -0.39 is 11.9 Å². The van der Waals surface area contributed by atoms with E-state index in [9.17, 15) is 14.9 Å². The first kappa shape index (κ1) is 21.7. The molecule has 2 rings (SSSR count). The van der Waals surface area contributed by atoms with Crippen LogP contribution in [0.15, 0.2) is 66.4 Å². The fourth-order valence-corrected chi connectivity index (χ4v) is 2.58. The number of carbonyl (C=O) groups excluding carboxylic acids is 2. The number of esters is 1. The van der Waals surface area contributed by atoms with Crippen molar-refractivity contribution in [1.82, 2.24) is 4.90 Å². The molecule has 6 nitrogen and oxygen atoms in total. The number of rotatable bonds is 8. The second-order valence-corrected chi connectivity index (χ2v) is 6.66. The third kappa shape index (κ3) is 6.51. The zero-order valence-electron chi connectivity index (χ0n) is 16.9. The summed E-state index contributed by atoms with van der Waals surface area (Å²) in [5.74, 6) is -0.924. The molecule has 0 saturated carbocycles. The van der Waals surface area contributed by atoms with E-state index in [4.69, 9.17) is 4.74 Å². The van der Waals surface area contributed by atoms with Crippen LogP contribution in [0.1, 0.15) is 36.7 Å². The summed E-state index contributed by atoms with van der Waals surface area (Å²) in [5, 5.41) is 12.2. The Morgan fingerprint density at radius 2 is 1.79 bits per heavy atom. The minimum Gasteiger partial charge on any atom is -0.462 e. The highest BCUT2D eigenvalue weighted by Crippen LogP contribution is 2.14. The summed E-state index contributed by atoms with van der Waals surface area (Å²) in [7, 11) is 0. The fourth-order valence-electron chi connectivity index (χ4n) is 2.58. The molecule has 150 valence electrons. The lowest BCUT2D eigenvalue weighted by Crippen LogP contribution is -2.27. The first-order chi connectivity index (χ1) is 13.9. The molecule has 6 heteroatoms. The SMILES string of the molecule is CCOC(=O)c1ccc(NC(=O)/C(C#N)=C\N(Cc2ccccc2)C(C)C)cc1. The van der Waals surface area contributed by atoms with Crippen LogP contribution in [0.25, 0.3) is 0 Å². The lowest BCUT2D eigenvalue weighted by atomic mass is 10.1. The summed E-state index contributed by atoms with van der Waals surface area (Å²) < 4.78 is 4.94. The molecule has 0 aliphatic carbocycles. The lowest BCUT2D eigenvalue weighted by Gasteiger charge is -2.25. The van der Waals surface area contributed by atoms with Gasteiger partial charge in [-0.3, -0.25) is 4.79 Å². The summed E-state index contributed by atoms with van der Waals surface area (Å²) >= 11 is 0. The molecule has 1 N–H and O–H groups in total. The maximum atomic E-state index is 12.6. The molecule has 0 fully saturated rings. The van der Waals surface area contributed by atoms with Crippen molar-refractivity contribution in [3.8, 4) is 6.07 Å². The number of hydrogen-bond donors (Lipinski definition) is 1. The number of amides is 1. The van der Waals surface area contributed by atoms with Gasteiger partial charge in [0.25, 0.3) is 5.91 Å². The summed E-state index contributed by atoms with van der Waals surface area (Å²) in [4.78, 5) is 26.2. The molecular weight excluding hydrogens is 366 g/mol. The number of carbonyl (C=O) groups is 2. The minimum absolute atomic E-state index is 0.00380. The third-order valence-corrected chi connectivity index (χ3v) is 4.19. The maximum absolute atomic E-state index is 12.6. The Bertz CT molecular complexity index is 897. The zero-order valence-corrected chi connectivity index (χ0v) is 16.9. The zero-order chi connectivity index (χ0) is 21.2. The molecule has 0 atom stereocenters. The van der Waals surface area contributed by atoms with Gasteiger partial charge in [0.1, 0.15) is 11.6 Å². The molecule has 29 heavy (non-hydrogen) atoms. The molecule has 0 unspecified atom stereocenters. The van der Waals surface area contributed by atoms with Gasteiger partial charge in [0.05, 0.1) is 12.2 Å². The number of hydrogen-bond acceptors (Lipinski definition) is 5. The van der Waals surface area contributed by atoms with Crippen molar-refractivity contribution in [1.29, 1.82) is 5.26 Å². The van der Waals surface area contributed by atoms with Gasteiger partial charge in [-0.05, 0) is 50.6 Å². The van der Waals surface area contributed by atoms with Crippen LogP contribution in [0, 0.1) is 11.3 Å². The Morgan fingerprint density at radius 3 is 2.34 bits per heavy atom. The summed E-state index contributed by atoms with van der Waals surface area (Å²) in [5.41, 5.74) is 1.98. The van der Waals surface area contributed by atoms with Gasteiger partial charge in [-0.15, -0.1) is 0 Å². The number of nitrogens with zero attached hydrogens (tertiary/aromatic N) is 2. The largest absolute Gasteiger partial charge is 0.462 e. The topological polar surface area (TPSA) is 82.4 Å². The fraction of sp³-hybridized carbons (Fsp3) is 0.261. The molecule has 0 aliphatic rings. The van der Waals surface area contributed by atoms with Crippen LogP contribution >= 0.6 is 0 Å². The first-order valence-corrected chi connectivity index (χ1v) is 9.44. The Balaban J connectivity index is 2.11. The van der Waals surface area contributed by atoms with Gasteiger partial charge in [0, 0.05) is 24.5 Å². The van der Waals surface area contributed by atoms with E-state index in [1.54, 1.807) is 37.4 Å². The van der Waals surface area contributed by atoms with E-state index in [0.717, 1.165) is 5.56 Å².